The Morgan fingerprint density at radius 1 is 1.31 bits per heavy atom. The van der Waals surface area contributed by atoms with Crippen molar-refractivity contribution in [3.8, 4) is 0 Å². The molecular formula is C19H22N6O. The van der Waals surface area contributed by atoms with Gasteiger partial charge in [-0.15, -0.1) is 0 Å². The van der Waals surface area contributed by atoms with Crippen LogP contribution in [-0.4, -0.2) is 38.5 Å². The summed E-state index contributed by atoms with van der Waals surface area (Å²) < 4.78 is 2.04. The first-order chi connectivity index (χ1) is 12.8. The Labute approximate surface area is 152 Å². The largest absolute Gasteiger partial charge is 0.355 e. The molecule has 0 saturated carbocycles. The van der Waals surface area contributed by atoms with Gasteiger partial charge in [-0.1, -0.05) is 12.1 Å². The molecule has 0 radical (unpaired) electrons. The minimum atomic E-state index is -0.0872. The SMILES string of the molecule is CCn1c(NC(=O)C2CCCN(c3cnccn3)C2)nc2ccccc21. The highest BCUT2D eigenvalue weighted by molar-refractivity contribution is 5.93. The molecule has 7 heteroatoms. The number of benzene rings is 1. The second-order valence-corrected chi connectivity index (χ2v) is 6.51. The summed E-state index contributed by atoms with van der Waals surface area (Å²) in [6.45, 7) is 4.36. The number of carbonyl (C=O) groups is 1. The fourth-order valence-electron chi connectivity index (χ4n) is 3.56. The van der Waals surface area contributed by atoms with Gasteiger partial charge in [0.15, 0.2) is 0 Å². The summed E-state index contributed by atoms with van der Waals surface area (Å²) in [6.07, 6.45) is 6.92. The van der Waals surface area contributed by atoms with Crippen LogP contribution in [0, 0.1) is 5.92 Å². The van der Waals surface area contributed by atoms with Crippen molar-refractivity contribution < 1.29 is 4.79 Å². The van der Waals surface area contributed by atoms with Gasteiger partial charge in [0.2, 0.25) is 11.9 Å². The molecule has 1 atom stereocenters. The van der Waals surface area contributed by atoms with Crippen LogP contribution in [0.3, 0.4) is 0 Å². The Hall–Kier alpha value is -2.96. The number of carbonyl (C=O) groups excluding carboxylic acids is 1. The summed E-state index contributed by atoms with van der Waals surface area (Å²) in [6, 6.07) is 7.94. The Bertz CT molecular complexity index is 907. The fourth-order valence-corrected chi connectivity index (χ4v) is 3.56. The number of para-hydroxylation sites is 2. The highest BCUT2D eigenvalue weighted by Crippen LogP contribution is 2.24. The van der Waals surface area contributed by atoms with Crippen LogP contribution in [0.15, 0.2) is 42.9 Å². The number of piperidine rings is 1. The second kappa shape index (κ2) is 7.11. The van der Waals surface area contributed by atoms with E-state index in [0.29, 0.717) is 12.5 Å². The van der Waals surface area contributed by atoms with E-state index >= 15 is 0 Å². The summed E-state index contributed by atoms with van der Waals surface area (Å²) in [5.74, 6) is 1.38. The van der Waals surface area contributed by atoms with Crippen molar-refractivity contribution >= 4 is 28.7 Å². The number of rotatable bonds is 4. The first kappa shape index (κ1) is 16.5. The predicted octanol–water partition coefficient (Wildman–Crippen LogP) is 2.70. The standard InChI is InChI=1S/C19H22N6O/c1-2-25-16-8-4-3-7-15(16)22-19(25)23-18(26)14-6-5-11-24(13-14)17-12-20-9-10-21-17/h3-4,7-10,12,14H,2,5-6,11,13H2,1H3,(H,22,23,26). The molecule has 26 heavy (non-hydrogen) atoms. The number of hydrogen-bond donors (Lipinski definition) is 1. The molecule has 3 heterocycles. The number of fused-ring (bicyclic) bond motifs is 1. The zero-order valence-corrected chi connectivity index (χ0v) is 14.8. The van der Waals surface area contributed by atoms with E-state index in [2.05, 4.69) is 32.1 Å². The van der Waals surface area contributed by atoms with E-state index in [1.165, 1.54) is 0 Å². The number of hydrogen-bond acceptors (Lipinski definition) is 5. The van der Waals surface area contributed by atoms with Crippen LogP contribution in [0.25, 0.3) is 11.0 Å². The van der Waals surface area contributed by atoms with Gasteiger partial charge in [0.1, 0.15) is 5.82 Å². The van der Waals surface area contributed by atoms with Crippen molar-refractivity contribution in [2.45, 2.75) is 26.3 Å². The minimum Gasteiger partial charge on any atom is -0.355 e. The van der Waals surface area contributed by atoms with Gasteiger partial charge in [-0.05, 0) is 31.9 Å². The lowest BCUT2D eigenvalue weighted by Gasteiger charge is -2.32. The second-order valence-electron chi connectivity index (χ2n) is 6.51. The molecular weight excluding hydrogens is 328 g/mol. The lowest BCUT2D eigenvalue weighted by atomic mass is 9.97. The third-order valence-corrected chi connectivity index (χ3v) is 4.87. The van der Waals surface area contributed by atoms with Crippen molar-refractivity contribution in [2.24, 2.45) is 5.92 Å². The van der Waals surface area contributed by atoms with Gasteiger partial charge < -0.3 is 9.47 Å². The average molecular weight is 350 g/mol. The van der Waals surface area contributed by atoms with Gasteiger partial charge in [0.05, 0.1) is 23.1 Å². The van der Waals surface area contributed by atoms with Crippen LogP contribution in [-0.2, 0) is 11.3 Å². The quantitative estimate of drug-likeness (QED) is 0.783. The molecule has 1 aliphatic heterocycles. The summed E-state index contributed by atoms with van der Waals surface area (Å²) in [5.41, 5.74) is 1.93. The van der Waals surface area contributed by atoms with E-state index in [0.717, 1.165) is 42.8 Å². The van der Waals surface area contributed by atoms with Crippen LogP contribution < -0.4 is 10.2 Å². The Balaban J connectivity index is 1.51. The number of nitrogens with one attached hydrogen (secondary N) is 1. The molecule has 1 unspecified atom stereocenters. The van der Waals surface area contributed by atoms with E-state index < -0.39 is 0 Å². The number of imidazole rings is 1. The third kappa shape index (κ3) is 3.12. The number of anilines is 2. The molecule has 3 aromatic rings. The molecule has 7 nitrogen and oxygen atoms in total. The maximum atomic E-state index is 12.9. The van der Waals surface area contributed by atoms with Crippen molar-refractivity contribution in [2.75, 3.05) is 23.3 Å². The normalized spacial score (nSPS) is 17.4. The number of aromatic nitrogens is 4. The van der Waals surface area contributed by atoms with Gasteiger partial charge in [-0.3, -0.25) is 15.1 Å². The minimum absolute atomic E-state index is 0.0172. The number of nitrogens with zero attached hydrogens (tertiary/aromatic N) is 5. The molecule has 2 aromatic heterocycles. The molecule has 1 N–H and O–H groups in total. The van der Waals surface area contributed by atoms with Crippen LogP contribution in [0.2, 0.25) is 0 Å². The summed E-state index contributed by atoms with van der Waals surface area (Å²) in [4.78, 5) is 28.1. The predicted molar refractivity (Wildman–Crippen MR) is 101 cm³/mol. The molecule has 1 aromatic carbocycles. The highest BCUT2D eigenvalue weighted by Gasteiger charge is 2.27. The van der Waals surface area contributed by atoms with E-state index in [4.69, 9.17) is 0 Å². The average Bonchev–Trinajstić information content (AvgIpc) is 3.05. The van der Waals surface area contributed by atoms with Gasteiger partial charge in [0.25, 0.3) is 0 Å². The monoisotopic (exact) mass is 350 g/mol. The molecule has 1 fully saturated rings. The van der Waals surface area contributed by atoms with Crippen LogP contribution in [0.1, 0.15) is 19.8 Å². The van der Waals surface area contributed by atoms with E-state index in [9.17, 15) is 4.79 Å². The third-order valence-electron chi connectivity index (χ3n) is 4.87. The summed E-state index contributed by atoms with van der Waals surface area (Å²) in [7, 11) is 0. The number of amides is 1. The molecule has 0 bridgehead atoms. The van der Waals surface area contributed by atoms with Crippen molar-refractivity contribution in [1.29, 1.82) is 0 Å². The van der Waals surface area contributed by atoms with Crippen molar-refractivity contribution in [3.05, 3.63) is 42.9 Å². The van der Waals surface area contributed by atoms with Gasteiger partial charge >= 0.3 is 0 Å². The maximum Gasteiger partial charge on any atom is 0.231 e. The maximum absolute atomic E-state index is 12.9. The molecule has 1 saturated heterocycles. The van der Waals surface area contributed by atoms with E-state index in [-0.39, 0.29) is 11.8 Å². The molecule has 134 valence electrons. The zero-order valence-electron chi connectivity index (χ0n) is 14.8. The van der Waals surface area contributed by atoms with E-state index in [1.807, 2.05) is 28.8 Å². The first-order valence-corrected chi connectivity index (χ1v) is 9.03. The molecule has 0 aliphatic carbocycles. The molecule has 0 spiro atoms. The van der Waals surface area contributed by atoms with E-state index in [1.54, 1.807) is 18.6 Å². The number of aryl methyl sites for hydroxylation is 1. The Kier molecular flexibility index (Phi) is 4.51. The van der Waals surface area contributed by atoms with Crippen LogP contribution in [0.4, 0.5) is 11.8 Å². The van der Waals surface area contributed by atoms with Gasteiger partial charge in [-0.25, -0.2) is 9.97 Å². The lowest BCUT2D eigenvalue weighted by molar-refractivity contribution is -0.120. The van der Waals surface area contributed by atoms with Crippen LogP contribution in [0.5, 0.6) is 0 Å². The van der Waals surface area contributed by atoms with Gasteiger partial charge in [-0.2, -0.15) is 0 Å². The molecule has 1 aliphatic rings. The Morgan fingerprint density at radius 3 is 3.00 bits per heavy atom. The fraction of sp³-hybridized carbons (Fsp3) is 0.368. The topological polar surface area (TPSA) is 75.9 Å². The first-order valence-electron chi connectivity index (χ1n) is 9.03. The summed E-state index contributed by atoms with van der Waals surface area (Å²) >= 11 is 0. The van der Waals surface area contributed by atoms with Gasteiger partial charge in [0, 0.05) is 32.0 Å². The van der Waals surface area contributed by atoms with Crippen molar-refractivity contribution in [1.82, 2.24) is 19.5 Å². The van der Waals surface area contributed by atoms with Crippen molar-refractivity contribution in [3.63, 3.8) is 0 Å². The molecule has 1 amide bonds. The highest BCUT2D eigenvalue weighted by atomic mass is 16.2. The smallest absolute Gasteiger partial charge is 0.231 e. The zero-order chi connectivity index (χ0) is 17.9. The van der Waals surface area contributed by atoms with Crippen LogP contribution >= 0.6 is 0 Å². The molecule has 4 rings (SSSR count). The Morgan fingerprint density at radius 2 is 2.19 bits per heavy atom. The summed E-state index contributed by atoms with van der Waals surface area (Å²) in [5, 5.41) is 3.04. The lowest BCUT2D eigenvalue weighted by Crippen LogP contribution is -2.41.